The van der Waals surface area contributed by atoms with Crippen molar-refractivity contribution in [1.82, 2.24) is 5.32 Å². The van der Waals surface area contributed by atoms with Crippen LogP contribution < -0.4 is 5.32 Å². The molecule has 1 heterocycles. The van der Waals surface area contributed by atoms with Crippen LogP contribution in [0.15, 0.2) is 36.5 Å². The number of allylic oxidation sites excluding steroid dienone is 5. The Kier molecular flexibility index (Phi) is 33.2. The zero-order chi connectivity index (χ0) is 40.4. The molecule has 1 amide bonds. The van der Waals surface area contributed by atoms with Gasteiger partial charge in [-0.1, -0.05) is 159 Å². The maximum absolute atomic E-state index is 13.0. The number of aliphatic hydroxyl groups is 6. The number of rotatable bonds is 36. The molecule has 1 fully saturated rings. The number of hydrogen-bond acceptors (Lipinski definition) is 9. The molecule has 8 unspecified atom stereocenters. The number of unbranched alkanes of at least 4 members (excludes halogenated alkanes) is 21. The van der Waals surface area contributed by atoms with Gasteiger partial charge in [0.05, 0.1) is 25.4 Å². The van der Waals surface area contributed by atoms with Gasteiger partial charge in [-0.05, 0) is 57.8 Å². The molecule has 0 spiro atoms. The van der Waals surface area contributed by atoms with Crippen LogP contribution in [0.4, 0.5) is 0 Å². The van der Waals surface area contributed by atoms with E-state index in [1.807, 2.05) is 6.08 Å². The number of hydrogen-bond donors (Lipinski definition) is 7. The number of nitrogens with one attached hydrogen (secondary N) is 1. The molecule has 0 aliphatic carbocycles. The standard InChI is InChI=1S/C45H83NO9/c1-3-5-7-9-11-13-15-16-17-18-19-20-21-22-24-26-28-30-32-34-39(49)44(53)46-37(36-54-45-43(52)42(51)41(50)40(35-47)55-45)38(48)33-31-29-27-25-23-14-12-10-8-6-4-2/h19-20,23,25,31,33,37-43,45,47-52H,3-18,21-22,24,26-30,32,34-36H2,1-2H3,(H,46,53)/b20-19-,25-23+,33-31+. The van der Waals surface area contributed by atoms with Crippen molar-refractivity contribution >= 4 is 5.91 Å². The molecule has 1 aliphatic rings. The van der Waals surface area contributed by atoms with E-state index in [0.29, 0.717) is 19.3 Å². The smallest absolute Gasteiger partial charge is 0.249 e. The highest BCUT2D eigenvalue weighted by Crippen LogP contribution is 2.22. The number of ether oxygens (including phenoxy) is 2. The van der Waals surface area contributed by atoms with E-state index in [1.54, 1.807) is 6.08 Å². The zero-order valence-corrected chi connectivity index (χ0v) is 34.8. The first-order chi connectivity index (χ1) is 26.8. The van der Waals surface area contributed by atoms with E-state index in [1.165, 1.54) is 109 Å². The second-order valence-corrected chi connectivity index (χ2v) is 15.6. The predicted molar refractivity (Wildman–Crippen MR) is 222 cm³/mol. The van der Waals surface area contributed by atoms with Crippen molar-refractivity contribution in [3.8, 4) is 0 Å². The molecule has 0 aromatic rings. The van der Waals surface area contributed by atoms with Crippen molar-refractivity contribution in [3.63, 3.8) is 0 Å². The molecule has 7 N–H and O–H groups in total. The van der Waals surface area contributed by atoms with Crippen LogP contribution in [0.1, 0.15) is 181 Å². The summed E-state index contributed by atoms with van der Waals surface area (Å²) in [5.41, 5.74) is 0. The largest absolute Gasteiger partial charge is 0.394 e. The van der Waals surface area contributed by atoms with Crippen molar-refractivity contribution in [2.45, 2.75) is 230 Å². The maximum Gasteiger partial charge on any atom is 0.249 e. The summed E-state index contributed by atoms with van der Waals surface area (Å²) in [6.45, 7) is 3.55. The van der Waals surface area contributed by atoms with Crippen LogP contribution in [-0.2, 0) is 14.3 Å². The van der Waals surface area contributed by atoms with E-state index in [2.05, 4.69) is 43.5 Å². The molecule has 1 rings (SSSR count). The van der Waals surface area contributed by atoms with Gasteiger partial charge in [0.2, 0.25) is 5.91 Å². The average molecular weight is 782 g/mol. The van der Waals surface area contributed by atoms with Gasteiger partial charge in [-0.15, -0.1) is 0 Å². The highest BCUT2D eigenvalue weighted by atomic mass is 16.7. The van der Waals surface area contributed by atoms with Crippen LogP contribution in [0.5, 0.6) is 0 Å². The summed E-state index contributed by atoms with van der Waals surface area (Å²) in [5.74, 6) is -0.633. The van der Waals surface area contributed by atoms with Gasteiger partial charge in [-0.3, -0.25) is 4.79 Å². The lowest BCUT2D eigenvalue weighted by Crippen LogP contribution is -2.60. The Bertz CT molecular complexity index is 974. The monoisotopic (exact) mass is 782 g/mol. The second kappa shape index (κ2) is 35.5. The van der Waals surface area contributed by atoms with E-state index < -0.39 is 61.5 Å². The van der Waals surface area contributed by atoms with E-state index >= 15 is 0 Å². The summed E-state index contributed by atoms with van der Waals surface area (Å²) in [7, 11) is 0. The number of carbonyl (C=O) groups excluding carboxylic acids is 1. The number of carbonyl (C=O) groups is 1. The average Bonchev–Trinajstić information content (AvgIpc) is 3.18. The Balaban J connectivity index is 2.41. The van der Waals surface area contributed by atoms with E-state index in [0.717, 1.165) is 38.5 Å². The molecule has 322 valence electrons. The molecule has 1 saturated heterocycles. The molecular formula is C45H83NO9. The molecular weight excluding hydrogens is 698 g/mol. The molecule has 0 radical (unpaired) electrons. The third-order valence-electron chi connectivity index (χ3n) is 10.5. The van der Waals surface area contributed by atoms with Crippen LogP contribution in [0, 0.1) is 0 Å². The van der Waals surface area contributed by atoms with Crippen molar-refractivity contribution in [3.05, 3.63) is 36.5 Å². The lowest BCUT2D eigenvalue weighted by atomic mass is 9.99. The van der Waals surface area contributed by atoms with Gasteiger partial charge in [-0.25, -0.2) is 0 Å². The fraction of sp³-hybridized carbons (Fsp3) is 0.844. The zero-order valence-electron chi connectivity index (χ0n) is 34.8. The highest BCUT2D eigenvalue weighted by molar-refractivity contribution is 5.80. The first kappa shape index (κ1) is 51.4. The van der Waals surface area contributed by atoms with Crippen LogP contribution >= 0.6 is 0 Å². The molecule has 0 saturated carbocycles. The molecule has 0 aromatic heterocycles. The molecule has 0 aromatic carbocycles. The number of amides is 1. The Morgan fingerprint density at radius 3 is 1.58 bits per heavy atom. The van der Waals surface area contributed by atoms with Crippen molar-refractivity contribution < 1.29 is 44.9 Å². The summed E-state index contributed by atoms with van der Waals surface area (Å²) in [6, 6.07) is -0.997. The minimum Gasteiger partial charge on any atom is -0.394 e. The number of aliphatic hydroxyl groups excluding tert-OH is 6. The Labute approximate surface area is 334 Å². The molecule has 1 aliphatic heterocycles. The Morgan fingerprint density at radius 2 is 1.07 bits per heavy atom. The van der Waals surface area contributed by atoms with E-state index in [-0.39, 0.29) is 6.61 Å². The lowest BCUT2D eigenvalue weighted by molar-refractivity contribution is -0.302. The van der Waals surface area contributed by atoms with Crippen LogP contribution in [-0.4, -0.2) is 98.7 Å². The molecule has 10 nitrogen and oxygen atoms in total. The van der Waals surface area contributed by atoms with Gasteiger partial charge in [-0.2, -0.15) is 0 Å². The normalized spacial score (nSPS) is 22.2. The summed E-state index contributed by atoms with van der Waals surface area (Å²) in [5, 5.41) is 64.4. The van der Waals surface area contributed by atoms with E-state index in [4.69, 9.17) is 9.47 Å². The topological polar surface area (TPSA) is 169 Å². The highest BCUT2D eigenvalue weighted by Gasteiger charge is 2.44. The molecule has 10 heteroatoms. The maximum atomic E-state index is 13.0. The third-order valence-corrected chi connectivity index (χ3v) is 10.5. The van der Waals surface area contributed by atoms with Gasteiger partial charge >= 0.3 is 0 Å². The van der Waals surface area contributed by atoms with Gasteiger partial charge in [0.15, 0.2) is 6.29 Å². The quantitative estimate of drug-likeness (QED) is 0.0247. The summed E-state index contributed by atoms with van der Waals surface area (Å²) >= 11 is 0. The second-order valence-electron chi connectivity index (χ2n) is 15.6. The van der Waals surface area contributed by atoms with Crippen molar-refractivity contribution in [2.24, 2.45) is 0 Å². The SMILES string of the molecule is CCCCCCC/C=C/CC/C=C/C(O)C(COC1OC(CO)C(O)C(O)C1O)NC(=O)C(O)CCCCCCCC/C=C\CCCCCCCCCCC. The fourth-order valence-corrected chi connectivity index (χ4v) is 6.82. The third kappa shape index (κ3) is 26.1. The van der Waals surface area contributed by atoms with Gasteiger partial charge < -0.3 is 45.4 Å². The Morgan fingerprint density at radius 1 is 0.618 bits per heavy atom. The molecule has 0 bridgehead atoms. The summed E-state index contributed by atoms with van der Waals surface area (Å²) in [4.78, 5) is 13.0. The minimum atomic E-state index is -1.61. The lowest BCUT2D eigenvalue weighted by Gasteiger charge is -2.40. The first-order valence-corrected chi connectivity index (χ1v) is 22.3. The predicted octanol–water partition coefficient (Wildman–Crippen LogP) is 7.86. The van der Waals surface area contributed by atoms with Gasteiger partial charge in [0.1, 0.15) is 30.5 Å². The first-order valence-electron chi connectivity index (χ1n) is 22.3. The van der Waals surface area contributed by atoms with Gasteiger partial charge in [0.25, 0.3) is 0 Å². The van der Waals surface area contributed by atoms with Crippen molar-refractivity contribution in [1.29, 1.82) is 0 Å². The Hall–Kier alpha value is -1.63. The fourth-order valence-electron chi connectivity index (χ4n) is 6.82. The van der Waals surface area contributed by atoms with Crippen molar-refractivity contribution in [2.75, 3.05) is 13.2 Å². The van der Waals surface area contributed by atoms with Crippen LogP contribution in [0.2, 0.25) is 0 Å². The minimum absolute atomic E-state index is 0.296. The summed E-state index contributed by atoms with van der Waals surface area (Å²) < 4.78 is 11.1. The van der Waals surface area contributed by atoms with E-state index in [9.17, 15) is 35.4 Å². The molecule has 55 heavy (non-hydrogen) atoms. The van der Waals surface area contributed by atoms with Gasteiger partial charge in [0, 0.05) is 0 Å². The van der Waals surface area contributed by atoms with Crippen LogP contribution in [0.25, 0.3) is 0 Å². The molecule has 8 atom stereocenters. The summed E-state index contributed by atoms with van der Waals surface area (Å²) in [6.07, 6.45) is 32.4. The van der Waals surface area contributed by atoms with Crippen LogP contribution in [0.3, 0.4) is 0 Å².